The number of methoxy groups -OCH3 is 1. The second-order valence-electron chi connectivity index (χ2n) is 5.35. The molecule has 3 nitrogen and oxygen atoms in total. The highest BCUT2D eigenvalue weighted by atomic mass is 16.5. The minimum atomic E-state index is -0.462. The molecule has 1 saturated heterocycles. The van der Waals surface area contributed by atoms with Crippen molar-refractivity contribution in [2.45, 2.75) is 32.1 Å². The van der Waals surface area contributed by atoms with Gasteiger partial charge in [-0.25, -0.2) is 0 Å². The van der Waals surface area contributed by atoms with E-state index >= 15 is 0 Å². The molecule has 1 fully saturated rings. The lowest BCUT2D eigenvalue weighted by Crippen LogP contribution is -2.41. The Morgan fingerprint density at radius 1 is 1.17 bits per heavy atom. The molecule has 3 heteroatoms. The van der Waals surface area contributed by atoms with Crippen LogP contribution < -0.4 is 4.74 Å². The quantitative estimate of drug-likeness (QED) is 0.821. The Balaban J connectivity index is 2.20. The Kier molecular flexibility index (Phi) is 3.60. The van der Waals surface area contributed by atoms with Gasteiger partial charge in [-0.05, 0) is 44.4 Å². The molecule has 1 aliphatic rings. The molecule has 0 bridgehead atoms. The van der Waals surface area contributed by atoms with Crippen LogP contribution in [-0.2, 0) is 10.2 Å². The van der Waals surface area contributed by atoms with Crippen LogP contribution in [0, 0.1) is 0 Å². The Morgan fingerprint density at radius 3 is 2.22 bits per heavy atom. The van der Waals surface area contributed by atoms with E-state index in [0.717, 1.165) is 37.2 Å². The van der Waals surface area contributed by atoms with Crippen molar-refractivity contribution in [1.29, 1.82) is 0 Å². The third-order valence-corrected chi connectivity index (χ3v) is 3.74. The summed E-state index contributed by atoms with van der Waals surface area (Å²) in [7, 11) is 1.65. The Morgan fingerprint density at radius 2 is 1.72 bits per heavy atom. The molecular formula is C15H21NO2. The molecule has 1 aromatic carbocycles. The van der Waals surface area contributed by atoms with Crippen LogP contribution in [0.25, 0.3) is 0 Å². The van der Waals surface area contributed by atoms with Crippen molar-refractivity contribution < 1.29 is 9.53 Å². The van der Waals surface area contributed by atoms with Crippen LogP contribution in [0.2, 0.25) is 0 Å². The first-order valence-corrected chi connectivity index (χ1v) is 6.49. The fourth-order valence-corrected chi connectivity index (χ4v) is 2.45. The first-order chi connectivity index (χ1) is 8.55. The minimum Gasteiger partial charge on any atom is -0.497 e. The molecule has 2 rings (SSSR count). The van der Waals surface area contributed by atoms with Crippen LogP contribution in [0.3, 0.4) is 0 Å². The molecule has 0 unspecified atom stereocenters. The van der Waals surface area contributed by atoms with Gasteiger partial charge in [0.25, 0.3) is 0 Å². The number of ether oxygens (including phenoxy) is 1. The highest BCUT2D eigenvalue weighted by Crippen LogP contribution is 2.28. The van der Waals surface area contributed by atoms with E-state index in [1.165, 1.54) is 0 Å². The lowest BCUT2D eigenvalue weighted by Gasteiger charge is -2.29. The summed E-state index contributed by atoms with van der Waals surface area (Å²) in [6.07, 6.45) is 2.26. The van der Waals surface area contributed by atoms with Gasteiger partial charge in [0.15, 0.2) is 0 Å². The van der Waals surface area contributed by atoms with E-state index in [-0.39, 0.29) is 5.91 Å². The maximum Gasteiger partial charge on any atom is 0.232 e. The molecule has 0 atom stereocenters. The number of carbonyl (C=O) groups is 1. The van der Waals surface area contributed by atoms with Gasteiger partial charge in [-0.1, -0.05) is 12.1 Å². The number of carbonyl (C=O) groups excluding carboxylic acids is 1. The summed E-state index contributed by atoms with van der Waals surface area (Å²) in [6.45, 7) is 5.79. The number of amides is 1. The van der Waals surface area contributed by atoms with E-state index in [2.05, 4.69) is 0 Å². The molecule has 1 heterocycles. The fourth-order valence-electron chi connectivity index (χ4n) is 2.45. The predicted molar refractivity (Wildman–Crippen MR) is 71.8 cm³/mol. The molecule has 1 aromatic rings. The number of likely N-dealkylation sites (tertiary alicyclic amines) is 1. The van der Waals surface area contributed by atoms with E-state index in [1.54, 1.807) is 7.11 Å². The normalized spacial score (nSPS) is 15.8. The second kappa shape index (κ2) is 5.01. The number of rotatable bonds is 3. The zero-order chi connectivity index (χ0) is 13.2. The summed E-state index contributed by atoms with van der Waals surface area (Å²) in [6, 6.07) is 7.78. The highest BCUT2D eigenvalue weighted by Gasteiger charge is 2.34. The van der Waals surface area contributed by atoms with Crippen LogP contribution in [-0.4, -0.2) is 31.0 Å². The summed E-state index contributed by atoms with van der Waals surface area (Å²) in [5.41, 5.74) is 0.580. The summed E-state index contributed by atoms with van der Waals surface area (Å²) < 4.78 is 5.15. The monoisotopic (exact) mass is 247 g/mol. The summed E-state index contributed by atoms with van der Waals surface area (Å²) in [4.78, 5) is 14.5. The first-order valence-electron chi connectivity index (χ1n) is 6.49. The van der Waals surface area contributed by atoms with Gasteiger partial charge in [-0.2, -0.15) is 0 Å². The number of hydrogen-bond acceptors (Lipinski definition) is 2. The van der Waals surface area contributed by atoms with Crippen molar-refractivity contribution >= 4 is 5.91 Å². The average Bonchev–Trinajstić information content (AvgIpc) is 2.91. The lowest BCUT2D eigenvalue weighted by molar-refractivity contribution is -0.135. The van der Waals surface area contributed by atoms with Gasteiger partial charge in [0, 0.05) is 13.1 Å². The predicted octanol–water partition coefficient (Wildman–Crippen LogP) is 2.60. The van der Waals surface area contributed by atoms with Crippen molar-refractivity contribution in [2.24, 2.45) is 0 Å². The van der Waals surface area contributed by atoms with Gasteiger partial charge in [0.2, 0.25) is 5.91 Å². The third kappa shape index (κ3) is 2.35. The number of hydrogen-bond donors (Lipinski definition) is 0. The summed E-state index contributed by atoms with van der Waals surface area (Å²) in [5, 5.41) is 0. The van der Waals surface area contributed by atoms with Crippen LogP contribution in [0.15, 0.2) is 24.3 Å². The van der Waals surface area contributed by atoms with E-state index in [4.69, 9.17) is 4.74 Å². The molecule has 18 heavy (non-hydrogen) atoms. The summed E-state index contributed by atoms with van der Waals surface area (Å²) in [5.74, 6) is 1.05. The van der Waals surface area contributed by atoms with E-state index in [1.807, 2.05) is 43.0 Å². The van der Waals surface area contributed by atoms with Crippen molar-refractivity contribution in [3.05, 3.63) is 29.8 Å². The zero-order valence-corrected chi connectivity index (χ0v) is 11.4. The third-order valence-electron chi connectivity index (χ3n) is 3.74. The van der Waals surface area contributed by atoms with Gasteiger partial charge in [-0.15, -0.1) is 0 Å². The van der Waals surface area contributed by atoms with E-state index in [0.29, 0.717) is 0 Å². The smallest absolute Gasteiger partial charge is 0.232 e. The minimum absolute atomic E-state index is 0.227. The standard InChI is InChI=1S/C15H21NO2/c1-15(2,14(17)16-10-4-5-11-16)12-6-8-13(18-3)9-7-12/h6-9H,4-5,10-11H2,1-3H3. The number of benzene rings is 1. The topological polar surface area (TPSA) is 29.5 Å². The molecule has 0 N–H and O–H groups in total. The molecule has 0 spiro atoms. The van der Waals surface area contributed by atoms with Gasteiger partial charge < -0.3 is 9.64 Å². The SMILES string of the molecule is COc1ccc(C(C)(C)C(=O)N2CCCC2)cc1. The van der Waals surface area contributed by atoms with Gasteiger partial charge >= 0.3 is 0 Å². The van der Waals surface area contributed by atoms with E-state index in [9.17, 15) is 4.79 Å². The molecule has 0 saturated carbocycles. The van der Waals surface area contributed by atoms with Crippen molar-refractivity contribution in [3.8, 4) is 5.75 Å². The lowest BCUT2D eigenvalue weighted by atomic mass is 9.83. The summed E-state index contributed by atoms with van der Waals surface area (Å²) >= 11 is 0. The maximum atomic E-state index is 12.5. The molecule has 0 radical (unpaired) electrons. The van der Waals surface area contributed by atoms with Gasteiger partial charge in [-0.3, -0.25) is 4.79 Å². The van der Waals surface area contributed by atoms with Crippen LogP contribution in [0.5, 0.6) is 5.75 Å². The molecule has 98 valence electrons. The highest BCUT2D eigenvalue weighted by molar-refractivity contribution is 5.87. The molecule has 1 aliphatic heterocycles. The Labute approximate surface area is 109 Å². The first kappa shape index (κ1) is 12.9. The second-order valence-corrected chi connectivity index (χ2v) is 5.35. The molecule has 1 amide bonds. The van der Waals surface area contributed by atoms with Crippen molar-refractivity contribution in [1.82, 2.24) is 4.90 Å². The van der Waals surface area contributed by atoms with Crippen LogP contribution in [0.1, 0.15) is 32.3 Å². The van der Waals surface area contributed by atoms with Gasteiger partial charge in [0.05, 0.1) is 12.5 Å². The van der Waals surface area contributed by atoms with E-state index < -0.39 is 5.41 Å². The van der Waals surface area contributed by atoms with Gasteiger partial charge in [0.1, 0.15) is 5.75 Å². The molecule has 0 aromatic heterocycles. The average molecular weight is 247 g/mol. The Bertz CT molecular complexity index is 417. The molecule has 0 aliphatic carbocycles. The Hall–Kier alpha value is -1.51. The van der Waals surface area contributed by atoms with Crippen LogP contribution >= 0.6 is 0 Å². The van der Waals surface area contributed by atoms with Crippen molar-refractivity contribution in [2.75, 3.05) is 20.2 Å². The van der Waals surface area contributed by atoms with Crippen LogP contribution in [0.4, 0.5) is 0 Å². The largest absolute Gasteiger partial charge is 0.497 e. The number of nitrogens with zero attached hydrogens (tertiary/aromatic N) is 1. The fraction of sp³-hybridized carbons (Fsp3) is 0.533. The zero-order valence-electron chi connectivity index (χ0n) is 11.4. The molecular weight excluding hydrogens is 226 g/mol. The maximum absolute atomic E-state index is 12.5. The van der Waals surface area contributed by atoms with Crippen molar-refractivity contribution in [3.63, 3.8) is 0 Å².